The molecule has 0 bridgehead atoms. The van der Waals surface area contributed by atoms with Crippen molar-refractivity contribution in [1.82, 2.24) is 0 Å². The van der Waals surface area contributed by atoms with E-state index in [0.717, 1.165) is 25.1 Å². The van der Waals surface area contributed by atoms with Crippen LogP contribution in [0.5, 0.6) is 0 Å². The SMILES string of the molecule is N#Cc1cccc(NCCCCC(N)=O)c1. The summed E-state index contributed by atoms with van der Waals surface area (Å²) in [7, 11) is 0. The number of hydrogen-bond donors (Lipinski definition) is 2. The van der Waals surface area contributed by atoms with E-state index in [4.69, 9.17) is 11.0 Å². The summed E-state index contributed by atoms with van der Waals surface area (Å²) in [4.78, 5) is 10.5. The Morgan fingerprint density at radius 2 is 2.25 bits per heavy atom. The van der Waals surface area contributed by atoms with Crippen LogP contribution in [0.25, 0.3) is 0 Å². The van der Waals surface area contributed by atoms with Crippen LogP contribution in [0.15, 0.2) is 24.3 Å². The number of rotatable bonds is 6. The summed E-state index contributed by atoms with van der Waals surface area (Å²) in [5.41, 5.74) is 6.60. The summed E-state index contributed by atoms with van der Waals surface area (Å²) in [5.74, 6) is -0.258. The zero-order chi connectivity index (χ0) is 11.8. The summed E-state index contributed by atoms with van der Waals surface area (Å²) in [6.45, 7) is 0.780. The van der Waals surface area contributed by atoms with Gasteiger partial charge in [0.1, 0.15) is 0 Å². The fourth-order valence-corrected chi connectivity index (χ4v) is 1.36. The van der Waals surface area contributed by atoms with E-state index in [-0.39, 0.29) is 5.91 Å². The van der Waals surface area contributed by atoms with Crippen LogP contribution in [-0.2, 0) is 4.79 Å². The van der Waals surface area contributed by atoms with E-state index in [1.807, 2.05) is 12.1 Å². The number of hydrogen-bond acceptors (Lipinski definition) is 3. The monoisotopic (exact) mass is 217 g/mol. The summed E-state index contributed by atoms with van der Waals surface area (Å²) < 4.78 is 0. The molecule has 0 radical (unpaired) electrons. The summed E-state index contributed by atoms with van der Waals surface area (Å²) >= 11 is 0. The molecule has 0 spiro atoms. The van der Waals surface area contributed by atoms with Gasteiger partial charge in [0.2, 0.25) is 5.91 Å². The van der Waals surface area contributed by atoms with Crippen LogP contribution in [0.3, 0.4) is 0 Å². The standard InChI is InChI=1S/C12H15N3O/c13-9-10-4-3-5-11(8-10)15-7-2-1-6-12(14)16/h3-5,8,15H,1-2,6-7H2,(H2,14,16). The number of amides is 1. The van der Waals surface area contributed by atoms with Gasteiger partial charge in [-0.05, 0) is 31.0 Å². The number of nitrogens with one attached hydrogen (secondary N) is 1. The average Bonchev–Trinajstić information content (AvgIpc) is 2.28. The van der Waals surface area contributed by atoms with Gasteiger partial charge in [-0.25, -0.2) is 0 Å². The predicted octanol–water partition coefficient (Wildman–Crippen LogP) is 1.63. The van der Waals surface area contributed by atoms with Gasteiger partial charge in [-0.1, -0.05) is 6.07 Å². The summed E-state index contributed by atoms with van der Waals surface area (Å²) in [6, 6.07) is 9.39. The van der Waals surface area contributed by atoms with Crippen LogP contribution in [0.1, 0.15) is 24.8 Å². The van der Waals surface area contributed by atoms with Crippen molar-refractivity contribution in [3.05, 3.63) is 29.8 Å². The lowest BCUT2D eigenvalue weighted by Crippen LogP contribution is -2.10. The highest BCUT2D eigenvalue weighted by Gasteiger charge is 1.96. The molecule has 0 aliphatic heterocycles. The minimum absolute atomic E-state index is 0.258. The maximum absolute atomic E-state index is 10.5. The Labute approximate surface area is 95.1 Å². The minimum atomic E-state index is -0.258. The second-order valence-corrected chi connectivity index (χ2v) is 3.54. The van der Waals surface area contributed by atoms with Crippen molar-refractivity contribution in [2.24, 2.45) is 5.73 Å². The first kappa shape index (κ1) is 12.1. The smallest absolute Gasteiger partial charge is 0.217 e. The molecular formula is C12H15N3O. The van der Waals surface area contributed by atoms with Crippen molar-refractivity contribution >= 4 is 11.6 Å². The molecule has 0 atom stereocenters. The molecule has 1 aromatic rings. The largest absolute Gasteiger partial charge is 0.385 e. The summed E-state index contributed by atoms with van der Waals surface area (Å²) in [5, 5.41) is 11.9. The molecule has 1 rings (SSSR count). The number of nitriles is 1. The molecule has 84 valence electrons. The Bertz CT molecular complexity index is 395. The molecular weight excluding hydrogens is 202 g/mol. The van der Waals surface area contributed by atoms with Crippen molar-refractivity contribution in [3.8, 4) is 6.07 Å². The van der Waals surface area contributed by atoms with Crippen molar-refractivity contribution in [3.63, 3.8) is 0 Å². The first-order valence-corrected chi connectivity index (χ1v) is 5.24. The number of nitrogens with two attached hydrogens (primary N) is 1. The van der Waals surface area contributed by atoms with Crippen molar-refractivity contribution in [2.75, 3.05) is 11.9 Å². The molecule has 0 heterocycles. The molecule has 0 aliphatic carbocycles. The van der Waals surface area contributed by atoms with Crippen LogP contribution in [0.2, 0.25) is 0 Å². The maximum atomic E-state index is 10.5. The molecule has 4 heteroatoms. The number of unbranched alkanes of at least 4 members (excludes halogenated alkanes) is 1. The molecule has 0 saturated heterocycles. The Morgan fingerprint density at radius 3 is 2.94 bits per heavy atom. The molecule has 0 aliphatic rings. The topological polar surface area (TPSA) is 78.9 Å². The van der Waals surface area contributed by atoms with Crippen LogP contribution >= 0.6 is 0 Å². The zero-order valence-electron chi connectivity index (χ0n) is 9.07. The minimum Gasteiger partial charge on any atom is -0.385 e. The van der Waals surface area contributed by atoms with Gasteiger partial charge in [-0.2, -0.15) is 5.26 Å². The zero-order valence-corrected chi connectivity index (χ0v) is 9.07. The van der Waals surface area contributed by atoms with E-state index < -0.39 is 0 Å². The highest BCUT2D eigenvalue weighted by molar-refractivity contribution is 5.73. The lowest BCUT2D eigenvalue weighted by Gasteiger charge is -2.05. The van der Waals surface area contributed by atoms with Crippen LogP contribution in [0, 0.1) is 11.3 Å². The Kier molecular flexibility index (Phi) is 4.87. The molecule has 16 heavy (non-hydrogen) atoms. The molecule has 3 N–H and O–H groups in total. The first-order chi connectivity index (χ1) is 7.72. The number of carbonyl (C=O) groups excluding carboxylic acids is 1. The van der Waals surface area contributed by atoms with Crippen LogP contribution in [0.4, 0.5) is 5.69 Å². The average molecular weight is 217 g/mol. The van der Waals surface area contributed by atoms with E-state index in [2.05, 4.69) is 11.4 Å². The Morgan fingerprint density at radius 1 is 1.44 bits per heavy atom. The fourth-order valence-electron chi connectivity index (χ4n) is 1.36. The normalized spacial score (nSPS) is 9.44. The van der Waals surface area contributed by atoms with Gasteiger partial charge in [0.05, 0.1) is 11.6 Å². The molecule has 1 amide bonds. The maximum Gasteiger partial charge on any atom is 0.217 e. The third-order valence-electron chi connectivity index (χ3n) is 2.17. The Hall–Kier alpha value is -2.02. The number of carbonyl (C=O) groups is 1. The fraction of sp³-hybridized carbons (Fsp3) is 0.333. The second kappa shape index (κ2) is 6.46. The first-order valence-electron chi connectivity index (χ1n) is 5.24. The number of nitrogens with zero attached hydrogens (tertiary/aromatic N) is 1. The van der Waals surface area contributed by atoms with E-state index >= 15 is 0 Å². The predicted molar refractivity (Wildman–Crippen MR) is 62.7 cm³/mol. The van der Waals surface area contributed by atoms with E-state index in [1.165, 1.54) is 0 Å². The molecule has 0 saturated carbocycles. The number of primary amides is 1. The van der Waals surface area contributed by atoms with Crippen LogP contribution in [-0.4, -0.2) is 12.5 Å². The van der Waals surface area contributed by atoms with E-state index in [1.54, 1.807) is 12.1 Å². The summed E-state index contributed by atoms with van der Waals surface area (Å²) in [6.07, 6.45) is 2.11. The molecule has 0 aromatic heterocycles. The second-order valence-electron chi connectivity index (χ2n) is 3.54. The van der Waals surface area contributed by atoms with Crippen LogP contribution < -0.4 is 11.1 Å². The number of anilines is 1. The van der Waals surface area contributed by atoms with Gasteiger partial charge >= 0.3 is 0 Å². The highest BCUT2D eigenvalue weighted by atomic mass is 16.1. The van der Waals surface area contributed by atoms with Gasteiger partial charge in [-0.3, -0.25) is 4.79 Å². The molecule has 1 aromatic carbocycles. The molecule has 4 nitrogen and oxygen atoms in total. The van der Waals surface area contributed by atoms with Gasteiger partial charge in [0.15, 0.2) is 0 Å². The lowest BCUT2D eigenvalue weighted by atomic mass is 10.2. The van der Waals surface area contributed by atoms with Crippen molar-refractivity contribution in [2.45, 2.75) is 19.3 Å². The van der Waals surface area contributed by atoms with E-state index in [0.29, 0.717) is 12.0 Å². The lowest BCUT2D eigenvalue weighted by molar-refractivity contribution is -0.118. The van der Waals surface area contributed by atoms with Crippen molar-refractivity contribution in [1.29, 1.82) is 5.26 Å². The highest BCUT2D eigenvalue weighted by Crippen LogP contribution is 2.09. The Balaban J connectivity index is 2.27. The van der Waals surface area contributed by atoms with Gasteiger partial charge in [-0.15, -0.1) is 0 Å². The van der Waals surface area contributed by atoms with E-state index in [9.17, 15) is 4.79 Å². The molecule has 0 fully saturated rings. The third kappa shape index (κ3) is 4.47. The molecule has 0 unspecified atom stereocenters. The van der Waals surface area contributed by atoms with Gasteiger partial charge < -0.3 is 11.1 Å². The third-order valence-corrected chi connectivity index (χ3v) is 2.17. The van der Waals surface area contributed by atoms with Gasteiger partial charge in [0.25, 0.3) is 0 Å². The quantitative estimate of drug-likeness (QED) is 0.711. The van der Waals surface area contributed by atoms with Gasteiger partial charge in [0, 0.05) is 18.7 Å². The van der Waals surface area contributed by atoms with Crippen molar-refractivity contribution < 1.29 is 4.79 Å². The number of benzene rings is 1.